The normalized spacial score (nSPS) is 17.2. The molecule has 3 aromatic rings. The first-order chi connectivity index (χ1) is 16.3. The van der Waals surface area contributed by atoms with Gasteiger partial charge in [-0.05, 0) is 73.5 Å². The van der Waals surface area contributed by atoms with Gasteiger partial charge in [-0.1, -0.05) is 0 Å². The lowest BCUT2D eigenvalue weighted by Crippen LogP contribution is -2.29. The molecule has 0 aliphatic carbocycles. The molecule has 34 heavy (non-hydrogen) atoms. The molecule has 1 amide bonds. The van der Waals surface area contributed by atoms with Crippen LogP contribution < -0.4 is 9.64 Å². The second-order valence-electron chi connectivity index (χ2n) is 7.86. The zero-order chi connectivity index (χ0) is 24.6. The smallest absolute Gasteiger partial charge is 0.337 e. The van der Waals surface area contributed by atoms with E-state index >= 15 is 0 Å². The number of carbonyl (C=O) groups is 3. The summed E-state index contributed by atoms with van der Waals surface area (Å²) < 4.78 is 15.6. The van der Waals surface area contributed by atoms with Crippen molar-refractivity contribution in [3.63, 3.8) is 0 Å². The number of ketones is 1. The van der Waals surface area contributed by atoms with Gasteiger partial charge < -0.3 is 19.0 Å². The van der Waals surface area contributed by atoms with Crippen molar-refractivity contribution in [2.24, 2.45) is 0 Å². The summed E-state index contributed by atoms with van der Waals surface area (Å²) in [5, 5.41) is 11.3. The van der Waals surface area contributed by atoms with Crippen molar-refractivity contribution in [3.8, 4) is 5.75 Å². The molecule has 8 heteroatoms. The lowest BCUT2D eigenvalue weighted by atomic mass is 9.95. The Morgan fingerprint density at radius 1 is 1.03 bits per heavy atom. The van der Waals surface area contributed by atoms with Crippen LogP contribution in [0.3, 0.4) is 0 Å². The number of hydrogen-bond donors (Lipinski definition) is 1. The summed E-state index contributed by atoms with van der Waals surface area (Å²) in [6.45, 7) is 3.60. The van der Waals surface area contributed by atoms with Crippen molar-refractivity contribution in [1.82, 2.24) is 0 Å². The van der Waals surface area contributed by atoms with E-state index in [1.165, 1.54) is 42.5 Å². The molecular formula is C26H23NO7. The van der Waals surface area contributed by atoms with E-state index in [-0.39, 0.29) is 11.3 Å². The maximum Gasteiger partial charge on any atom is 0.337 e. The number of ether oxygens (including phenoxy) is 2. The molecule has 0 radical (unpaired) electrons. The van der Waals surface area contributed by atoms with Crippen molar-refractivity contribution in [2.75, 3.05) is 19.1 Å². The Labute approximate surface area is 196 Å². The molecule has 1 aliphatic rings. The minimum Gasteiger partial charge on any atom is -0.507 e. The number of furan rings is 1. The first kappa shape index (κ1) is 22.8. The molecule has 174 valence electrons. The Kier molecular flexibility index (Phi) is 5.98. The van der Waals surface area contributed by atoms with Crippen LogP contribution in [-0.4, -0.2) is 37.0 Å². The topological polar surface area (TPSA) is 106 Å². The molecule has 2 aromatic carbocycles. The summed E-state index contributed by atoms with van der Waals surface area (Å²) in [6, 6.07) is 11.8. The molecule has 4 rings (SSSR count). The van der Waals surface area contributed by atoms with Gasteiger partial charge in [0.15, 0.2) is 0 Å². The molecule has 0 saturated carbocycles. The maximum atomic E-state index is 13.2. The van der Waals surface area contributed by atoms with Gasteiger partial charge in [0, 0.05) is 11.3 Å². The van der Waals surface area contributed by atoms with Crippen molar-refractivity contribution in [1.29, 1.82) is 0 Å². The lowest BCUT2D eigenvalue weighted by molar-refractivity contribution is -0.132. The Hall–Kier alpha value is -4.33. The number of hydrogen-bond acceptors (Lipinski definition) is 7. The standard InChI is InChI=1S/C26H23NO7/c1-14-13-20(32-3)15(2)12-18(14)23(28)21-22(19-6-5-11-34-19)27(25(30)24(21)29)17-9-7-16(8-10-17)26(31)33-4/h5-13,22,28H,1-4H3/b23-21-. The van der Waals surface area contributed by atoms with Crippen LogP contribution in [0.4, 0.5) is 5.69 Å². The number of aliphatic hydroxyl groups excluding tert-OH is 1. The van der Waals surface area contributed by atoms with Crippen LogP contribution in [0.15, 0.2) is 64.8 Å². The number of nitrogens with zero attached hydrogens (tertiary/aromatic N) is 1. The molecule has 1 N–H and O–H groups in total. The SMILES string of the molecule is COC(=O)c1ccc(N2C(=O)C(=O)/C(=C(\O)c3cc(C)c(OC)cc3C)C2c2ccco2)cc1. The highest BCUT2D eigenvalue weighted by atomic mass is 16.5. The van der Waals surface area contributed by atoms with Crippen LogP contribution in [0.5, 0.6) is 5.75 Å². The highest BCUT2D eigenvalue weighted by Crippen LogP contribution is 2.43. The van der Waals surface area contributed by atoms with Gasteiger partial charge in [-0.2, -0.15) is 0 Å². The van der Waals surface area contributed by atoms with E-state index in [4.69, 9.17) is 13.9 Å². The fraction of sp³-hybridized carbons (Fsp3) is 0.192. The van der Waals surface area contributed by atoms with E-state index in [0.717, 1.165) is 5.56 Å². The molecule has 1 aromatic heterocycles. The third-order valence-electron chi connectivity index (χ3n) is 5.82. The van der Waals surface area contributed by atoms with E-state index in [1.807, 2.05) is 6.92 Å². The number of aliphatic hydroxyl groups is 1. The molecule has 8 nitrogen and oxygen atoms in total. The number of anilines is 1. The number of Topliss-reactive ketones (excluding diaryl/α,β-unsaturated/α-hetero) is 1. The maximum absolute atomic E-state index is 13.2. The van der Waals surface area contributed by atoms with Crippen molar-refractivity contribution in [3.05, 3.63) is 88.4 Å². The van der Waals surface area contributed by atoms with Gasteiger partial charge in [-0.15, -0.1) is 0 Å². The van der Waals surface area contributed by atoms with Gasteiger partial charge in [0.2, 0.25) is 0 Å². The first-order valence-corrected chi connectivity index (χ1v) is 10.5. The van der Waals surface area contributed by atoms with Crippen LogP contribution in [0.1, 0.15) is 38.9 Å². The summed E-state index contributed by atoms with van der Waals surface area (Å²) >= 11 is 0. The monoisotopic (exact) mass is 461 g/mol. The number of carbonyl (C=O) groups excluding carboxylic acids is 3. The number of benzene rings is 2. The average Bonchev–Trinajstić information content (AvgIpc) is 3.46. The number of amides is 1. The number of esters is 1. The number of rotatable bonds is 5. The third-order valence-corrected chi connectivity index (χ3v) is 5.82. The minimum atomic E-state index is -0.999. The molecular weight excluding hydrogens is 438 g/mol. The number of methoxy groups -OCH3 is 2. The Bertz CT molecular complexity index is 1300. The van der Waals surface area contributed by atoms with Gasteiger partial charge in [0.25, 0.3) is 11.7 Å². The summed E-state index contributed by atoms with van der Waals surface area (Å²) in [5.41, 5.74) is 2.40. The van der Waals surface area contributed by atoms with Gasteiger partial charge in [-0.25, -0.2) is 4.79 Å². The summed E-state index contributed by atoms with van der Waals surface area (Å²) in [6.07, 6.45) is 1.43. The van der Waals surface area contributed by atoms with Crippen molar-refractivity contribution >= 4 is 29.1 Å². The van der Waals surface area contributed by atoms with Crippen LogP contribution in [-0.2, 0) is 14.3 Å². The zero-order valence-corrected chi connectivity index (χ0v) is 19.1. The Balaban J connectivity index is 1.89. The predicted molar refractivity (Wildman–Crippen MR) is 124 cm³/mol. The summed E-state index contributed by atoms with van der Waals surface area (Å²) in [7, 11) is 2.82. The summed E-state index contributed by atoms with van der Waals surface area (Å²) in [5.74, 6) is -1.55. The van der Waals surface area contributed by atoms with E-state index in [2.05, 4.69) is 0 Å². The molecule has 1 saturated heterocycles. The first-order valence-electron chi connectivity index (χ1n) is 10.5. The highest BCUT2D eigenvalue weighted by molar-refractivity contribution is 6.51. The largest absolute Gasteiger partial charge is 0.507 e. The van der Waals surface area contributed by atoms with Gasteiger partial charge in [0.1, 0.15) is 23.3 Å². The predicted octanol–water partition coefficient (Wildman–Crippen LogP) is 4.32. The molecule has 0 spiro atoms. The Morgan fingerprint density at radius 2 is 1.74 bits per heavy atom. The second-order valence-corrected chi connectivity index (χ2v) is 7.86. The quantitative estimate of drug-likeness (QED) is 0.261. The lowest BCUT2D eigenvalue weighted by Gasteiger charge is -2.23. The van der Waals surface area contributed by atoms with Crippen LogP contribution in [0, 0.1) is 13.8 Å². The molecule has 1 fully saturated rings. The third kappa shape index (κ3) is 3.73. The van der Waals surface area contributed by atoms with Crippen molar-refractivity contribution in [2.45, 2.75) is 19.9 Å². The second kappa shape index (κ2) is 8.90. The molecule has 1 unspecified atom stereocenters. The zero-order valence-electron chi connectivity index (χ0n) is 19.1. The number of aryl methyl sites for hydroxylation is 2. The van der Waals surface area contributed by atoms with Crippen LogP contribution >= 0.6 is 0 Å². The van der Waals surface area contributed by atoms with E-state index in [0.29, 0.717) is 33.9 Å². The Morgan fingerprint density at radius 3 is 2.32 bits per heavy atom. The van der Waals surface area contributed by atoms with E-state index < -0.39 is 23.7 Å². The van der Waals surface area contributed by atoms with Gasteiger partial charge >= 0.3 is 5.97 Å². The molecule has 1 atom stereocenters. The fourth-order valence-corrected chi connectivity index (χ4v) is 4.10. The van der Waals surface area contributed by atoms with Gasteiger partial charge in [0.05, 0.1) is 31.6 Å². The fourth-order valence-electron chi connectivity index (χ4n) is 4.10. The van der Waals surface area contributed by atoms with E-state index in [9.17, 15) is 19.5 Å². The molecule has 0 bridgehead atoms. The van der Waals surface area contributed by atoms with Crippen molar-refractivity contribution < 1.29 is 33.4 Å². The van der Waals surface area contributed by atoms with E-state index in [1.54, 1.807) is 38.3 Å². The molecule has 2 heterocycles. The summed E-state index contributed by atoms with van der Waals surface area (Å²) in [4.78, 5) is 39.4. The van der Waals surface area contributed by atoms with Crippen LogP contribution in [0.25, 0.3) is 5.76 Å². The molecule has 1 aliphatic heterocycles. The van der Waals surface area contributed by atoms with Crippen LogP contribution in [0.2, 0.25) is 0 Å². The minimum absolute atomic E-state index is 0.0929. The highest BCUT2D eigenvalue weighted by Gasteiger charge is 2.48. The average molecular weight is 461 g/mol. The van der Waals surface area contributed by atoms with Gasteiger partial charge in [-0.3, -0.25) is 14.5 Å².